The summed E-state index contributed by atoms with van der Waals surface area (Å²) in [6.45, 7) is 5.83. The van der Waals surface area contributed by atoms with Crippen LogP contribution in [0.3, 0.4) is 0 Å². The Balaban J connectivity index is 1.73. The molecule has 0 fully saturated rings. The van der Waals surface area contributed by atoms with Gasteiger partial charge in [0.1, 0.15) is 6.54 Å². The number of hydrogen-bond acceptors (Lipinski definition) is 4. The van der Waals surface area contributed by atoms with Gasteiger partial charge in [-0.2, -0.15) is 9.50 Å². The second-order valence-electron chi connectivity index (χ2n) is 7.23. The largest absolute Gasteiger partial charge is 0.324 e. The molecule has 0 bridgehead atoms. The van der Waals surface area contributed by atoms with Crippen LogP contribution in [-0.4, -0.2) is 25.1 Å². The van der Waals surface area contributed by atoms with Crippen LogP contribution >= 0.6 is 0 Å². The first kappa shape index (κ1) is 19.6. The van der Waals surface area contributed by atoms with E-state index in [-0.39, 0.29) is 18.0 Å². The van der Waals surface area contributed by atoms with Gasteiger partial charge in [0.05, 0.1) is 0 Å². The summed E-state index contributed by atoms with van der Waals surface area (Å²) in [6.07, 6.45) is 0.821. The highest BCUT2D eigenvalue weighted by Gasteiger charge is 2.16. The first-order chi connectivity index (χ1) is 14.5. The molecular formula is C23H23N5O2. The van der Waals surface area contributed by atoms with E-state index < -0.39 is 0 Å². The number of benzene rings is 2. The molecule has 7 heteroatoms. The molecule has 7 nitrogen and oxygen atoms in total. The number of aromatic nitrogens is 4. The molecule has 2 aromatic heterocycles. The minimum absolute atomic E-state index is 0.0273. The highest BCUT2D eigenvalue weighted by molar-refractivity contribution is 5.91. The summed E-state index contributed by atoms with van der Waals surface area (Å²) >= 11 is 0. The van der Waals surface area contributed by atoms with Crippen molar-refractivity contribution in [2.45, 2.75) is 33.7 Å². The Morgan fingerprint density at radius 2 is 1.80 bits per heavy atom. The van der Waals surface area contributed by atoms with E-state index in [0.29, 0.717) is 17.3 Å². The Hall–Kier alpha value is -3.74. The molecule has 30 heavy (non-hydrogen) atoms. The average molecular weight is 401 g/mol. The minimum atomic E-state index is -0.275. The van der Waals surface area contributed by atoms with E-state index in [1.54, 1.807) is 11.5 Å². The zero-order chi connectivity index (χ0) is 21.3. The van der Waals surface area contributed by atoms with Crippen LogP contribution in [0, 0.1) is 13.8 Å². The number of aryl methyl sites for hydroxylation is 3. The van der Waals surface area contributed by atoms with Gasteiger partial charge in [-0.15, -0.1) is 5.10 Å². The standard InChI is InChI=1S/C23H23N5O2/c1-4-17-10-6-8-12-19(17)24-20(29)14-27-16(3)13-21(30)28-23(27)25-22(26-28)18-11-7-5-9-15(18)2/h5-13H,4,14H2,1-3H3,(H,24,29). The number of para-hydroxylation sites is 1. The maximum absolute atomic E-state index is 12.8. The molecular weight excluding hydrogens is 378 g/mol. The molecule has 0 atom stereocenters. The molecule has 0 unspecified atom stereocenters. The SMILES string of the molecule is CCc1ccccc1NC(=O)Cn1c(C)cc(=O)n2nc(-c3ccccc3C)nc12. The summed E-state index contributed by atoms with van der Waals surface area (Å²) in [7, 11) is 0. The lowest BCUT2D eigenvalue weighted by molar-refractivity contribution is -0.116. The second kappa shape index (κ2) is 7.94. The molecule has 4 rings (SSSR count). The van der Waals surface area contributed by atoms with Crippen LogP contribution in [0.1, 0.15) is 23.7 Å². The lowest BCUT2D eigenvalue weighted by atomic mass is 10.1. The smallest absolute Gasteiger partial charge is 0.275 e. The first-order valence-electron chi connectivity index (χ1n) is 9.89. The Morgan fingerprint density at radius 1 is 1.07 bits per heavy atom. The minimum Gasteiger partial charge on any atom is -0.324 e. The van der Waals surface area contributed by atoms with Crippen molar-refractivity contribution in [1.29, 1.82) is 0 Å². The fourth-order valence-corrected chi connectivity index (χ4v) is 3.52. The quantitative estimate of drug-likeness (QED) is 0.556. The van der Waals surface area contributed by atoms with E-state index in [1.807, 2.05) is 62.4 Å². The van der Waals surface area contributed by atoms with Gasteiger partial charge in [-0.25, -0.2) is 0 Å². The summed E-state index contributed by atoms with van der Waals surface area (Å²) in [6, 6.07) is 16.9. The van der Waals surface area contributed by atoms with Gasteiger partial charge in [-0.1, -0.05) is 49.4 Å². The summed E-state index contributed by atoms with van der Waals surface area (Å²) in [5, 5.41) is 7.37. The molecule has 0 saturated heterocycles. The van der Waals surface area contributed by atoms with E-state index in [0.717, 1.165) is 28.8 Å². The number of fused-ring (bicyclic) bond motifs is 1. The van der Waals surface area contributed by atoms with Crippen LogP contribution < -0.4 is 10.9 Å². The van der Waals surface area contributed by atoms with Gasteiger partial charge in [-0.3, -0.25) is 9.59 Å². The number of carbonyl (C=O) groups excluding carboxylic acids is 1. The molecule has 0 aliphatic rings. The molecule has 152 valence electrons. The topological polar surface area (TPSA) is 81.3 Å². The third kappa shape index (κ3) is 3.61. The van der Waals surface area contributed by atoms with E-state index in [2.05, 4.69) is 15.4 Å². The first-order valence-corrected chi connectivity index (χ1v) is 9.89. The van der Waals surface area contributed by atoms with Crippen molar-refractivity contribution in [2.24, 2.45) is 0 Å². The molecule has 0 radical (unpaired) electrons. The van der Waals surface area contributed by atoms with Crippen LogP contribution in [0.2, 0.25) is 0 Å². The van der Waals surface area contributed by atoms with Gasteiger partial charge < -0.3 is 9.88 Å². The Morgan fingerprint density at radius 3 is 2.57 bits per heavy atom. The van der Waals surface area contributed by atoms with Crippen LogP contribution in [-0.2, 0) is 17.8 Å². The molecule has 4 aromatic rings. The zero-order valence-electron chi connectivity index (χ0n) is 17.2. The van der Waals surface area contributed by atoms with Gasteiger partial charge in [0.25, 0.3) is 5.56 Å². The highest BCUT2D eigenvalue weighted by Crippen LogP contribution is 2.20. The van der Waals surface area contributed by atoms with Gasteiger partial charge in [0.15, 0.2) is 5.82 Å². The van der Waals surface area contributed by atoms with Gasteiger partial charge in [-0.05, 0) is 37.5 Å². The molecule has 1 N–H and O–H groups in total. The number of amides is 1. The maximum Gasteiger partial charge on any atom is 0.275 e. The van der Waals surface area contributed by atoms with Crippen LogP contribution in [0.5, 0.6) is 0 Å². The van der Waals surface area contributed by atoms with Crippen LogP contribution in [0.25, 0.3) is 17.2 Å². The summed E-state index contributed by atoms with van der Waals surface area (Å²) in [5.74, 6) is 0.614. The predicted molar refractivity (Wildman–Crippen MR) is 117 cm³/mol. The number of nitrogens with zero attached hydrogens (tertiary/aromatic N) is 4. The normalized spacial score (nSPS) is 11.0. The summed E-state index contributed by atoms with van der Waals surface area (Å²) in [5.41, 5.74) is 4.10. The second-order valence-corrected chi connectivity index (χ2v) is 7.23. The zero-order valence-corrected chi connectivity index (χ0v) is 17.2. The number of carbonyl (C=O) groups is 1. The van der Waals surface area contributed by atoms with Crippen molar-refractivity contribution >= 4 is 17.4 Å². The van der Waals surface area contributed by atoms with E-state index in [9.17, 15) is 9.59 Å². The Bertz CT molecular complexity index is 1300. The summed E-state index contributed by atoms with van der Waals surface area (Å²) in [4.78, 5) is 29.9. The third-order valence-electron chi connectivity index (χ3n) is 5.16. The predicted octanol–water partition coefficient (Wildman–Crippen LogP) is 3.38. The highest BCUT2D eigenvalue weighted by atomic mass is 16.2. The Kier molecular flexibility index (Phi) is 5.18. The fourth-order valence-electron chi connectivity index (χ4n) is 3.52. The van der Waals surface area contributed by atoms with Crippen molar-refractivity contribution in [1.82, 2.24) is 19.2 Å². The molecule has 0 aliphatic heterocycles. The van der Waals surface area contributed by atoms with Crippen LogP contribution in [0.15, 0.2) is 59.4 Å². The fraction of sp³-hybridized carbons (Fsp3) is 0.217. The lowest BCUT2D eigenvalue weighted by Crippen LogP contribution is -2.25. The van der Waals surface area contributed by atoms with Crippen molar-refractivity contribution in [3.05, 3.63) is 81.8 Å². The van der Waals surface area contributed by atoms with Gasteiger partial charge in [0.2, 0.25) is 11.7 Å². The van der Waals surface area contributed by atoms with E-state index in [4.69, 9.17) is 0 Å². The van der Waals surface area contributed by atoms with Crippen molar-refractivity contribution in [2.75, 3.05) is 5.32 Å². The van der Waals surface area contributed by atoms with Crippen molar-refractivity contribution in [3.63, 3.8) is 0 Å². The molecule has 2 heterocycles. The third-order valence-corrected chi connectivity index (χ3v) is 5.16. The van der Waals surface area contributed by atoms with Gasteiger partial charge >= 0.3 is 0 Å². The number of nitrogens with one attached hydrogen (secondary N) is 1. The molecule has 2 aromatic carbocycles. The van der Waals surface area contributed by atoms with Crippen molar-refractivity contribution in [3.8, 4) is 11.4 Å². The molecule has 0 saturated carbocycles. The number of anilines is 1. The average Bonchev–Trinajstić information content (AvgIpc) is 3.17. The maximum atomic E-state index is 12.8. The molecule has 0 aliphatic carbocycles. The number of hydrogen-bond donors (Lipinski definition) is 1. The summed E-state index contributed by atoms with van der Waals surface area (Å²) < 4.78 is 2.96. The Labute approximate surface area is 174 Å². The lowest BCUT2D eigenvalue weighted by Gasteiger charge is -2.13. The van der Waals surface area contributed by atoms with Gasteiger partial charge in [0, 0.05) is 23.0 Å². The number of rotatable bonds is 5. The molecule has 0 spiro atoms. The van der Waals surface area contributed by atoms with Crippen LogP contribution in [0.4, 0.5) is 5.69 Å². The molecule has 1 amide bonds. The monoisotopic (exact) mass is 401 g/mol. The van der Waals surface area contributed by atoms with E-state index in [1.165, 1.54) is 10.6 Å². The van der Waals surface area contributed by atoms with Crippen molar-refractivity contribution < 1.29 is 4.79 Å². The van der Waals surface area contributed by atoms with E-state index >= 15 is 0 Å².